The Kier molecular flexibility index (Phi) is 8.40. The van der Waals surface area contributed by atoms with E-state index < -0.39 is 10.8 Å². The van der Waals surface area contributed by atoms with E-state index in [0.29, 0.717) is 40.7 Å². The molecule has 0 aliphatic heterocycles. The Balaban J connectivity index is 1.72. The number of nitro benzene ring substituents is 1. The van der Waals surface area contributed by atoms with Crippen LogP contribution in [0.4, 0.5) is 11.4 Å². The van der Waals surface area contributed by atoms with Crippen molar-refractivity contribution in [2.24, 2.45) is 0 Å². The van der Waals surface area contributed by atoms with Gasteiger partial charge in [0.15, 0.2) is 11.5 Å². The molecule has 0 spiro atoms. The van der Waals surface area contributed by atoms with Gasteiger partial charge in [0.05, 0.1) is 18.6 Å². The fourth-order valence-corrected chi connectivity index (χ4v) is 3.13. The van der Waals surface area contributed by atoms with E-state index in [2.05, 4.69) is 5.32 Å². The highest BCUT2D eigenvalue weighted by Gasteiger charge is 2.12. The largest absolute Gasteiger partial charge is 0.494 e. The van der Waals surface area contributed by atoms with Crippen LogP contribution in [-0.2, 0) is 11.4 Å². The van der Waals surface area contributed by atoms with Crippen molar-refractivity contribution in [2.45, 2.75) is 13.5 Å². The maximum atomic E-state index is 12.6. The first-order valence-electron chi connectivity index (χ1n) is 10.6. The van der Waals surface area contributed by atoms with Gasteiger partial charge in [-0.2, -0.15) is 5.26 Å². The second-order valence-electron chi connectivity index (χ2n) is 7.21. The van der Waals surface area contributed by atoms with E-state index in [9.17, 15) is 20.2 Å². The van der Waals surface area contributed by atoms with Gasteiger partial charge in [-0.1, -0.05) is 18.2 Å². The van der Waals surface area contributed by atoms with E-state index in [1.54, 1.807) is 54.6 Å². The number of nitrogens with one attached hydrogen (secondary N) is 1. The van der Waals surface area contributed by atoms with Gasteiger partial charge in [-0.25, -0.2) is 0 Å². The Morgan fingerprint density at radius 2 is 1.86 bits per heavy atom. The molecule has 3 aromatic rings. The van der Waals surface area contributed by atoms with E-state index in [1.165, 1.54) is 25.3 Å². The van der Waals surface area contributed by atoms with Crippen LogP contribution in [0.3, 0.4) is 0 Å². The fraction of sp³-hybridized carbons (Fsp3) is 0.154. The summed E-state index contributed by atoms with van der Waals surface area (Å²) in [5, 5.41) is 23.1. The van der Waals surface area contributed by atoms with Crippen LogP contribution >= 0.6 is 0 Å². The number of ether oxygens (including phenoxy) is 3. The Morgan fingerprint density at radius 3 is 2.51 bits per heavy atom. The van der Waals surface area contributed by atoms with Crippen molar-refractivity contribution >= 4 is 23.4 Å². The third kappa shape index (κ3) is 6.82. The van der Waals surface area contributed by atoms with Crippen LogP contribution in [0.2, 0.25) is 0 Å². The van der Waals surface area contributed by atoms with Crippen molar-refractivity contribution < 1.29 is 23.9 Å². The molecule has 9 heteroatoms. The number of non-ortho nitro benzene ring substituents is 1. The molecule has 9 nitrogen and oxygen atoms in total. The van der Waals surface area contributed by atoms with Crippen LogP contribution in [0.15, 0.2) is 72.3 Å². The molecule has 0 unspecified atom stereocenters. The maximum Gasteiger partial charge on any atom is 0.269 e. The average Bonchev–Trinajstić information content (AvgIpc) is 2.87. The lowest BCUT2D eigenvalue weighted by Crippen LogP contribution is -2.13. The summed E-state index contributed by atoms with van der Waals surface area (Å²) in [7, 11) is 1.47. The molecule has 0 saturated heterocycles. The zero-order chi connectivity index (χ0) is 25.2. The van der Waals surface area contributed by atoms with E-state index in [4.69, 9.17) is 14.2 Å². The molecule has 0 aliphatic rings. The minimum absolute atomic E-state index is 0.0221. The molecule has 1 amide bonds. The van der Waals surface area contributed by atoms with Crippen molar-refractivity contribution in [1.29, 1.82) is 5.26 Å². The second kappa shape index (κ2) is 11.9. The number of methoxy groups -OCH3 is 1. The van der Waals surface area contributed by atoms with Crippen molar-refractivity contribution in [3.8, 4) is 23.3 Å². The van der Waals surface area contributed by atoms with Gasteiger partial charge in [0.2, 0.25) is 0 Å². The van der Waals surface area contributed by atoms with Crippen LogP contribution in [0, 0.1) is 21.4 Å². The molecule has 178 valence electrons. The summed E-state index contributed by atoms with van der Waals surface area (Å²) in [6.45, 7) is 2.51. The molecule has 0 atom stereocenters. The minimum Gasteiger partial charge on any atom is -0.494 e. The van der Waals surface area contributed by atoms with E-state index in [1.807, 2.05) is 13.0 Å². The van der Waals surface area contributed by atoms with Gasteiger partial charge in [-0.15, -0.1) is 0 Å². The number of amides is 1. The van der Waals surface area contributed by atoms with Crippen LogP contribution in [0.25, 0.3) is 6.08 Å². The molecule has 3 aromatic carbocycles. The number of anilines is 1. The summed E-state index contributed by atoms with van der Waals surface area (Å²) in [5.41, 5.74) is 1.60. The van der Waals surface area contributed by atoms with Gasteiger partial charge in [0, 0.05) is 17.8 Å². The van der Waals surface area contributed by atoms with Crippen molar-refractivity contribution in [2.75, 3.05) is 19.0 Å². The predicted molar refractivity (Wildman–Crippen MR) is 130 cm³/mol. The SMILES string of the molecule is CCOc1ccc(NC(=O)/C(C#N)=C\c2ccc(OCc3cccc([N+](=O)[O-])c3)c(OC)c2)cc1. The normalized spacial score (nSPS) is 10.7. The van der Waals surface area contributed by atoms with Crippen molar-refractivity contribution in [3.63, 3.8) is 0 Å². The molecule has 0 fully saturated rings. The molecule has 0 heterocycles. The summed E-state index contributed by atoms with van der Waals surface area (Å²) >= 11 is 0. The fourth-order valence-electron chi connectivity index (χ4n) is 3.13. The molecule has 1 N–H and O–H groups in total. The lowest BCUT2D eigenvalue weighted by molar-refractivity contribution is -0.384. The number of hydrogen-bond donors (Lipinski definition) is 1. The predicted octanol–water partition coefficient (Wildman–Crippen LogP) is 5.13. The maximum absolute atomic E-state index is 12.6. The molecule has 35 heavy (non-hydrogen) atoms. The van der Waals surface area contributed by atoms with Crippen LogP contribution < -0.4 is 19.5 Å². The van der Waals surface area contributed by atoms with E-state index in [-0.39, 0.29) is 17.9 Å². The summed E-state index contributed by atoms with van der Waals surface area (Å²) in [6.07, 6.45) is 1.44. The zero-order valence-electron chi connectivity index (χ0n) is 19.2. The monoisotopic (exact) mass is 473 g/mol. The van der Waals surface area contributed by atoms with Gasteiger partial charge >= 0.3 is 0 Å². The summed E-state index contributed by atoms with van der Waals surface area (Å²) < 4.78 is 16.5. The first-order valence-corrected chi connectivity index (χ1v) is 10.6. The second-order valence-corrected chi connectivity index (χ2v) is 7.21. The van der Waals surface area contributed by atoms with Crippen molar-refractivity contribution in [1.82, 2.24) is 0 Å². The number of carbonyl (C=O) groups excluding carboxylic acids is 1. The van der Waals surface area contributed by atoms with Crippen LogP contribution in [-0.4, -0.2) is 24.5 Å². The topological polar surface area (TPSA) is 124 Å². The zero-order valence-corrected chi connectivity index (χ0v) is 19.2. The lowest BCUT2D eigenvalue weighted by Gasteiger charge is -2.12. The smallest absolute Gasteiger partial charge is 0.269 e. The molecule has 0 aliphatic carbocycles. The van der Waals surface area contributed by atoms with Gasteiger partial charge in [-0.05, 0) is 60.5 Å². The highest BCUT2D eigenvalue weighted by Crippen LogP contribution is 2.30. The summed E-state index contributed by atoms with van der Waals surface area (Å²) in [4.78, 5) is 23.1. The molecule has 0 bridgehead atoms. The highest BCUT2D eigenvalue weighted by molar-refractivity contribution is 6.09. The Bertz CT molecular complexity index is 1280. The standard InChI is InChI=1S/C26H23N3O6/c1-3-34-23-10-8-21(9-11-23)28-26(30)20(16-27)13-18-7-12-24(25(15-18)33-2)35-17-19-5-4-6-22(14-19)29(31)32/h4-15H,3,17H2,1-2H3,(H,28,30)/b20-13-. The summed E-state index contributed by atoms with van der Waals surface area (Å²) in [6, 6.07) is 19.8. The van der Waals surface area contributed by atoms with Gasteiger partial charge in [0.1, 0.15) is 24.0 Å². The molecule has 0 saturated carbocycles. The van der Waals surface area contributed by atoms with Crippen LogP contribution in [0.1, 0.15) is 18.1 Å². The Labute approximate surface area is 202 Å². The quantitative estimate of drug-likeness (QED) is 0.187. The van der Waals surface area contributed by atoms with Crippen molar-refractivity contribution in [3.05, 3.63) is 93.5 Å². The van der Waals surface area contributed by atoms with Gasteiger partial charge in [0.25, 0.3) is 11.6 Å². The number of nitrogens with zero attached hydrogens (tertiary/aromatic N) is 2. The van der Waals surface area contributed by atoms with Gasteiger partial charge in [-0.3, -0.25) is 14.9 Å². The third-order valence-corrected chi connectivity index (χ3v) is 4.80. The molecule has 0 aromatic heterocycles. The number of hydrogen-bond acceptors (Lipinski definition) is 7. The van der Waals surface area contributed by atoms with Crippen LogP contribution in [0.5, 0.6) is 17.2 Å². The van der Waals surface area contributed by atoms with E-state index in [0.717, 1.165) is 0 Å². The Morgan fingerprint density at radius 1 is 1.09 bits per heavy atom. The first-order chi connectivity index (χ1) is 16.9. The number of carbonyl (C=O) groups is 1. The number of rotatable bonds is 10. The molecule has 3 rings (SSSR count). The summed E-state index contributed by atoms with van der Waals surface area (Å²) in [5.74, 6) is 0.921. The number of nitro groups is 1. The van der Waals surface area contributed by atoms with Gasteiger partial charge < -0.3 is 19.5 Å². The number of nitriles is 1. The Hall–Kier alpha value is -4.84. The molecular formula is C26H23N3O6. The van der Waals surface area contributed by atoms with E-state index >= 15 is 0 Å². The lowest BCUT2D eigenvalue weighted by atomic mass is 10.1. The molecular weight excluding hydrogens is 450 g/mol. The number of benzene rings is 3. The molecule has 0 radical (unpaired) electrons. The third-order valence-electron chi connectivity index (χ3n) is 4.80. The average molecular weight is 473 g/mol. The minimum atomic E-state index is -0.554. The highest BCUT2D eigenvalue weighted by atomic mass is 16.6. The first kappa shape index (κ1) is 24.8.